The summed E-state index contributed by atoms with van der Waals surface area (Å²) in [6, 6.07) is 7.24. The number of anilines is 1. The molecule has 136 valence electrons. The van der Waals surface area contributed by atoms with Crippen molar-refractivity contribution in [1.29, 1.82) is 0 Å². The molecule has 0 unspecified atom stereocenters. The van der Waals surface area contributed by atoms with E-state index >= 15 is 0 Å². The summed E-state index contributed by atoms with van der Waals surface area (Å²) in [4.78, 5) is 30.8. The minimum absolute atomic E-state index is 0.184. The summed E-state index contributed by atoms with van der Waals surface area (Å²) in [7, 11) is 0. The normalized spacial score (nSPS) is 14.8. The molecule has 0 atom stereocenters. The van der Waals surface area contributed by atoms with Gasteiger partial charge >= 0.3 is 12.2 Å². The number of hydrogen-bond acceptors (Lipinski definition) is 3. The smallest absolute Gasteiger partial charge is 0.366 e. The molecule has 26 heavy (non-hydrogen) atoms. The largest absolute Gasteiger partial charge is 0.416 e. The molecule has 3 amide bonds. The van der Waals surface area contributed by atoms with Crippen molar-refractivity contribution >= 4 is 17.8 Å². The SMILES string of the molecule is NC(=O)c1ccnc(N2CCN(Cc3ccc(C(F)(F)F)cc3)C2=O)c1. The lowest BCUT2D eigenvalue weighted by molar-refractivity contribution is -0.137. The molecule has 2 N–H and O–H groups in total. The number of benzene rings is 1. The number of carbonyl (C=O) groups excluding carboxylic acids is 2. The summed E-state index contributed by atoms with van der Waals surface area (Å²) in [6.45, 7) is 0.931. The summed E-state index contributed by atoms with van der Waals surface area (Å²) in [5.74, 6) is -0.317. The Bertz CT molecular complexity index is 837. The van der Waals surface area contributed by atoms with Gasteiger partial charge < -0.3 is 10.6 Å². The van der Waals surface area contributed by atoms with Crippen LogP contribution in [0.5, 0.6) is 0 Å². The van der Waals surface area contributed by atoms with Crippen molar-refractivity contribution < 1.29 is 22.8 Å². The highest BCUT2D eigenvalue weighted by molar-refractivity contribution is 5.96. The minimum Gasteiger partial charge on any atom is -0.366 e. The lowest BCUT2D eigenvalue weighted by Gasteiger charge is -2.18. The van der Waals surface area contributed by atoms with E-state index < -0.39 is 17.6 Å². The first-order chi connectivity index (χ1) is 12.3. The molecule has 3 rings (SSSR count). The molecule has 1 aromatic carbocycles. The number of carbonyl (C=O) groups is 2. The van der Waals surface area contributed by atoms with E-state index in [0.717, 1.165) is 12.1 Å². The maximum Gasteiger partial charge on any atom is 0.416 e. The van der Waals surface area contributed by atoms with Gasteiger partial charge in [0.15, 0.2) is 0 Å². The molecule has 0 radical (unpaired) electrons. The molecule has 1 aliphatic rings. The van der Waals surface area contributed by atoms with Crippen LogP contribution in [0.15, 0.2) is 42.6 Å². The van der Waals surface area contributed by atoms with Crippen LogP contribution in [0.25, 0.3) is 0 Å². The topological polar surface area (TPSA) is 79.5 Å². The molecule has 6 nitrogen and oxygen atoms in total. The van der Waals surface area contributed by atoms with Crippen LogP contribution in [0, 0.1) is 0 Å². The number of halogens is 3. The van der Waals surface area contributed by atoms with E-state index in [-0.39, 0.29) is 18.1 Å². The highest BCUT2D eigenvalue weighted by atomic mass is 19.4. The van der Waals surface area contributed by atoms with Crippen molar-refractivity contribution in [2.45, 2.75) is 12.7 Å². The maximum absolute atomic E-state index is 12.6. The Kier molecular flexibility index (Phi) is 4.54. The van der Waals surface area contributed by atoms with Crippen molar-refractivity contribution in [2.24, 2.45) is 5.73 Å². The van der Waals surface area contributed by atoms with Crippen LogP contribution in [0.3, 0.4) is 0 Å². The fraction of sp³-hybridized carbons (Fsp3) is 0.235. The molecule has 1 aromatic heterocycles. The zero-order valence-electron chi connectivity index (χ0n) is 13.5. The minimum atomic E-state index is -4.39. The highest BCUT2D eigenvalue weighted by Crippen LogP contribution is 2.29. The monoisotopic (exact) mass is 364 g/mol. The molecule has 0 spiro atoms. The average Bonchev–Trinajstić information content (AvgIpc) is 2.95. The average molecular weight is 364 g/mol. The van der Waals surface area contributed by atoms with Crippen LogP contribution in [0.2, 0.25) is 0 Å². The summed E-state index contributed by atoms with van der Waals surface area (Å²) in [5, 5.41) is 0. The summed E-state index contributed by atoms with van der Waals surface area (Å²) in [6.07, 6.45) is -3.00. The third-order valence-corrected chi connectivity index (χ3v) is 4.06. The lowest BCUT2D eigenvalue weighted by atomic mass is 10.1. The molecular weight excluding hydrogens is 349 g/mol. The Balaban J connectivity index is 1.71. The van der Waals surface area contributed by atoms with Gasteiger partial charge in [-0.15, -0.1) is 0 Å². The quantitative estimate of drug-likeness (QED) is 0.906. The molecule has 1 saturated heterocycles. The van der Waals surface area contributed by atoms with E-state index in [1.54, 1.807) is 0 Å². The molecule has 2 aromatic rings. The van der Waals surface area contributed by atoms with Gasteiger partial charge in [-0.3, -0.25) is 9.69 Å². The second-order valence-electron chi connectivity index (χ2n) is 5.82. The Morgan fingerprint density at radius 1 is 1.15 bits per heavy atom. The second-order valence-corrected chi connectivity index (χ2v) is 5.82. The van der Waals surface area contributed by atoms with Crippen molar-refractivity contribution in [3.63, 3.8) is 0 Å². The number of rotatable bonds is 4. The molecule has 1 aliphatic heterocycles. The van der Waals surface area contributed by atoms with E-state index in [1.807, 2.05) is 0 Å². The number of pyridine rings is 1. The summed E-state index contributed by atoms with van der Waals surface area (Å²) in [5.41, 5.74) is 5.32. The Morgan fingerprint density at radius 2 is 1.85 bits per heavy atom. The molecule has 9 heteroatoms. The number of alkyl halides is 3. The Labute approximate surface area is 147 Å². The van der Waals surface area contributed by atoms with Crippen molar-refractivity contribution in [3.05, 3.63) is 59.3 Å². The van der Waals surface area contributed by atoms with Crippen molar-refractivity contribution in [3.8, 4) is 0 Å². The maximum atomic E-state index is 12.6. The third-order valence-electron chi connectivity index (χ3n) is 4.06. The van der Waals surface area contributed by atoms with Crippen LogP contribution >= 0.6 is 0 Å². The predicted octanol–water partition coefficient (Wildman–Crippen LogP) is 2.64. The van der Waals surface area contributed by atoms with Gasteiger partial charge in [-0.25, -0.2) is 9.78 Å². The molecular formula is C17H15F3N4O2. The van der Waals surface area contributed by atoms with Gasteiger partial charge in [-0.2, -0.15) is 13.2 Å². The highest BCUT2D eigenvalue weighted by Gasteiger charge is 2.32. The summed E-state index contributed by atoms with van der Waals surface area (Å²) < 4.78 is 37.8. The molecule has 0 aliphatic carbocycles. The van der Waals surface area contributed by atoms with E-state index in [0.29, 0.717) is 24.5 Å². The van der Waals surface area contributed by atoms with Gasteiger partial charge in [0.2, 0.25) is 5.91 Å². The Morgan fingerprint density at radius 3 is 2.46 bits per heavy atom. The number of urea groups is 1. The van der Waals surface area contributed by atoms with Gasteiger partial charge in [-0.05, 0) is 29.8 Å². The van der Waals surface area contributed by atoms with Crippen molar-refractivity contribution in [1.82, 2.24) is 9.88 Å². The molecule has 2 heterocycles. The third kappa shape index (κ3) is 3.61. The van der Waals surface area contributed by atoms with Crippen LogP contribution in [-0.4, -0.2) is 34.9 Å². The first-order valence-electron chi connectivity index (χ1n) is 7.74. The van der Waals surface area contributed by atoms with Gasteiger partial charge in [0.25, 0.3) is 0 Å². The van der Waals surface area contributed by atoms with Gasteiger partial charge in [0.05, 0.1) is 5.56 Å². The van der Waals surface area contributed by atoms with Crippen LogP contribution in [-0.2, 0) is 12.7 Å². The number of amides is 3. The number of primary amides is 1. The number of nitrogens with zero attached hydrogens (tertiary/aromatic N) is 3. The number of hydrogen-bond donors (Lipinski definition) is 1. The van der Waals surface area contributed by atoms with E-state index in [1.165, 1.54) is 40.3 Å². The van der Waals surface area contributed by atoms with Gasteiger partial charge in [0.1, 0.15) is 5.82 Å². The molecule has 0 bridgehead atoms. The number of aromatic nitrogens is 1. The standard InChI is InChI=1S/C17H15F3N4O2/c18-17(19,20)13-3-1-11(2-4-13)10-23-7-8-24(16(23)26)14-9-12(15(21)25)5-6-22-14/h1-6,9H,7-8,10H2,(H2,21,25). The van der Waals surface area contributed by atoms with Crippen molar-refractivity contribution in [2.75, 3.05) is 18.0 Å². The first kappa shape index (κ1) is 17.7. The number of nitrogens with two attached hydrogens (primary N) is 1. The first-order valence-corrected chi connectivity index (χ1v) is 7.74. The lowest BCUT2D eigenvalue weighted by Crippen LogP contribution is -2.32. The second kappa shape index (κ2) is 6.66. The van der Waals surface area contributed by atoms with E-state index in [9.17, 15) is 22.8 Å². The fourth-order valence-electron chi connectivity index (χ4n) is 2.68. The Hall–Kier alpha value is -3.10. The van der Waals surface area contributed by atoms with Crippen LogP contribution < -0.4 is 10.6 Å². The van der Waals surface area contributed by atoms with E-state index in [2.05, 4.69) is 4.98 Å². The van der Waals surface area contributed by atoms with E-state index in [4.69, 9.17) is 5.73 Å². The predicted molar refractivity (Wildman–Crippen MR) is 87.4 cm³/mol. The molecule has 1 fully saturated rings. The van der Waals surface area contributed by atoms with Gasteiger partial charge in [0, 0.05) is 31.4 Å². The zero-order valence-corrected chi connectivity index (χ0v) is 13.5. The van der Waals surface area contributed by atoms with Gasteiger partial charge in [-0.1, -0.05) is 12.1 Å². The molecule has 0 saturated carbocycles. The fourth-order valence-corrected chi connectivity index (χ4v) is 2.68. The van der Waals surface area contributed by atoms with Crippen LogP contribution in [0.1, 0.15) is 21.5 Å². The zero-order chi connectivity index (χ0) is 18.9. The summed E-state index contributed by atoms with van der Waals surface area (Å²) >= 11 is 0. The van der Waals surface area contributed by atoms with Crippen LogP contribution in [0.4, 0.5) is 23.8 Å².